The molecular formula is C29H33ClF2N4O. The smallest absolute Gasteiger partial charge is 0.248 e. The summed E-state index contributed by atoms with van der Waals surface area (Å²) in [6.45, 7) is 4.50. The van der Waals surface area contributed by atoms with Crippen molar-refractivity contribution in [3.63, 3.8) is 0 Å². The Morgan fingerprint density at radius 3 is 2.51 bits per heavy atom. The molecule has 0 bridgehead atoms. The van der Waals surface area contributed by atoms with Crippen molar-refractivity contribution in [1.29, 1.82) is 0 Å². The molecule has 1 amide bonds. The van der Waals surface area contributed by atoms with Gasteiger partial charge in [0.2, 0.25) is 11.8 Å². The van der Waals surface area contributed by atoms with Gasteiger partial charge in [-0.1, -0.05) is 41.9 Å². The van der Waals surface area contributed by atoms with Gasteiger partial charge in [0.15, 0.2) is 0 Å². The van der Waals surface area contributed by atoms with Crippen LogP contribution in [-0.4, -0.2) is 54.4 Å². The highest BCUT2D eigenvalue weighted by molar-refractivity contribution is 6.31. The van der Waals surface area contributed by atoms with Gasteiger partial charge in [-0.15, -0.1) is 0 Å². The van der Waals surface area contributed by atoms with Crippen LogP contribution in [0.2, 0.25) is 5.02 Å². The third-order valence-electron chi connectivity index (χ3n) is 7.74. The molecule has 0 unspecified atom stereocenters. The van der Waals surface area contributed by atoms with Gasteiger partial charge < -0.3 is 10.2 Å². The largest absolute Gasteiger partial charge is 0.368 e. The summed E-state index contributed by atoms with van der Waals surface area (Å²) < 4.78 is 27.2. The van der Waals surface area contributed by atoms with E-state index in [1.807, 2.05) is 54.7 Å². The van der Waals surface area contributed by atoms with Crippen LogP contribution in [0.1, 0.15) is 43.7 Å². The van der Waals surface area contributed by atoms with E-state index in [2.05, 4.69) is 26.2 Å². The number of fused-ring (bicyclic) bond motifs is 1. The molecule has 1 saturated heterocycles. The van der Waals surface area contributed by atoms with E-state index in [4.69, 9.17) is 11.6 Å². The summed E-state index contributed by atoms with van der Waals surface area (Å²) in [5.41, 5.74) is 3.13. The van der Waals surface area contributed by atoms with Crippen LogP contribution >= 0.6 is 11.6 Å². The molecule has 196 valence electrons. The molecule has 2 aliphatic rings. The Kier molecular flexibility index (Phi) is 7.91. The third-order valence-corrected chi connectivity index (χ3v) is 7.97. The summed E-state index contributed by atoms with van der Waals surface area (Å²) in [6, 6.07) is 17.7. The third kappa shape index (κ3) is 6.39. The normalized spacial score (nSPS) is 19.6. The van der Waals surface area contributed by atoms with E-state index in [9.17, 15) is 13.6 Å². The van der Waals surface area contributed by atoms with Crippen molar-refractivity contribution >= 4 is 34.1 Å². The molecule has 1 aliphatic heterocycles. The second kappa shape index (κ2) is 11.3. The number of hydrogen-bond acceptors (Lipinski definition) is 4. The Morgan fingerprint density at radius 1 is 1.05 bits per heavy atom. The molecule has 1 aromatic heterocycles. The monoisotopic (exact) mass is 526 g/mol. The highest BCUT2D eigenvalue weighted by Crippen LogP contribution is 2.36. The van der Waals surface area contributed by atoms with E-state index in [0.717, 1.165) is 55.6 Å². The number of piperazine rings is 1. The Balaban J connectivity index is 1.19. The molecular weight excluding hydrogens is 494 g/mol. The number of rotatable bonds is 7. The van der Waals surface area contributed by atoms with Gasteiger partial charge in [0.1, 0.15) is 0 Å². The number of halogens is 3. The molecule has 1 atom stereocenters. The number of hydrogen-bond donors (Lipinski definition) is 1. The van der Waals surface area contributed by atoms with Crippen LogP contribution in [0.15, 0.2) is 60.8 Å². The van der Waals surface area contributed by atoms with Crippen LogP contribution in [0.25, 0.3) is 10.9 Å². The SMILES string of the molecule is O=C(N[C@@H](CCN1CCN(c2ccnc3cc(Cl)ccc23)CC1)c1ccccc1)C1CCC(F)(F)CC1. The first kappa shape index (κ1) is 25.9. The van der Waals surface area contributed by atoms with Gasteiger partial charge in [-0.3, -0.25) is 14.7 Å². The summed E-state index contributed by atoms with van der Waals surface area (Å²) in [4.78, 5) is 22.3. The van der Waals surface area contributed by atoms with Crippen molar-refractivity contribution in [1.82, 2.24) is 15.2 Å². The van der Waals surface area contributed by atoms with Gasteiger partial charge in [-0.05, 0) is 49.1 Å². The molecule has 2 aromatic carbocycles. The van der Waals surface area contributed by atoms with Crippen LogP contribution in [0.3, 0.4) is 0 Å². The molecule has 1 N–H and O–H groups in total. The average Bonchev–Trinajstić information content (AvgIpc) is 2.91. The van der Waals surface area contributed by atoms with Crippen molar-refractivity contribution in [2.24, 2.45) is 5.92 Å². The van der Waals surface area contributed by atoms with Gasteiger partial charge in [-0.2, -0.15) is 0 Å². The number of aromatic nitrogens is 1. The van der Waals surface area contributed by atoms with Crippen molar-refractivity contribution < 1.29 is 13.6 Å². The molecule has 8 heteroatoms. The summed E-state index contributed by atoms with van der Waals surface area (Å²) in [7, 11) is 0. The van der Waals surface area contributed by atoms with Crippen LogP contribution in [0.5, 0.6) is 0 Å². The van der Waals surface area contributed by atoms with Crippen LogP contribution in [0, 0.1) is 5.92 Å². The topological polar surface area (TPSA) is 48.5 Å². The maximum Gasteiger partial charge on any atom is 0.248 e. The fourth-order valence-corrected chi connectivity index (χ4v) is 5.67. The molecule has 2 fully saturated rings. The fraction of sp³-hybridized carbons (Fsp3) is 0.448. The van der Waals surface area contributed by atoms with Gasteiger partial charge in [0, 0.05) is 73.8 Å². The van der Waals surface area contributed by atoms with E-state index in [-0.39, 0.29) is 43.6 Å². The predicted molar refractivity (Wildman–Crippen MR) is 144 cm³/mol. The van der Waals surface area contributed by atoms with Crippen molar-refractivity contribution in [3.8, 4) is 0 Å². The van der Waals surface area contributed by atoms with Crippen LogP contribution in [0.4, 0.5) is 14.5 Å². The number of nitrogens with one attached hydrogen (secondary N) is 1. The minimum atomic E-state index is -2.63. The first-order valence-electron chi connectivity index (χ1n) is 13.1. The molecule has 37 heavy (non-hydrogen) atoms. The van der Waals surface area contributed by atoms with Crippen molar-refractivity contribution in [2.45, 2.75) is 44.1 Å². The minimum absolute atomic E-state index is 0.0983. The highest BCUT2D eigenvalue weighted by Gasteiger charge is 2.37. The number of alkyl halides is 2. The molecule has 1 saturated carbocycles. The van der Waals surface area contributed by atoms with Gasteiger partial charge in [-0.25, -0.2) is 8.78 Å². The Labute approximate surface area is 221 Å². The van der Waals surface area contributed by atoms with Crippen LogP contribution in [-0.2, 0) is 4.79 Å². The molecule has 3 aromatic rings. The Hall–Kier alpha value is -2.77. The lowest BCUT2D eigenvalue weighted by atomic mass is 9.86. The summed E-state index contributed by atoms with van der Waals surface area (Å²) >= 11 is 6.15. The van der Waals surface area contributed by atoms with Crippen molar-refractivity contribution in [3.05, 3.63) is 71.4 Å². The number of pyridine rings is 1. The Bertz CT molecular complexity index is 1210. The fourth-order valence-electron chi connectivity index (χ4n) is 5.51. The molecule has 0 spiro atoms. The molecule has 0 radical (unpaired) electrons. The molecule has 2 heterocycles. The van der Waals surface area contributed by atoms with Gasteiger partial charge in [0.05, 0.1) is 11.6 Å². The van der Waals surface area contributed by atoms with E-state index in [1.54, 1.807) is 0 Å². The van der Waals surface area contributed by atoms with E-state index in [1.165, 1.54) is 5.69 Å². The summed E-state index contributed by atoms with van der Waals surface area (Å²) in [5, 5.41) is 4.98. The number of carbonyl (C=O) groups excluding carboxylic acids is 1. The maximum atomic E-state index is 13.6. The average molecular weight is 527 g/mol. The first-order valence-corrected chi connectivity index (χ1v) is 13.5. The zero-order chi connectivity index (χ0) is 25.8. The molecule has 5 nitrogen and oxygen atoms in total. The first-order chi connectivity index (χ1) is 17.9. The number of anilines is 1. The van der Waals surface area contributed by atoms with E-state index < -0.39 is 5.92 Å². The number of nitrogens with zero attached hydrogens (tertiary/aromatic N) is 3. The quantitative estimate of drug-likeness (QED) is 0.405. The number of carbonyl (C=O) groups is 1. The van der Waals surface area contributed by atoms with Gasteiger partial charge >= 0.3 is 0 Å². The minimum Gasteiger partial charge on any atom is -0.368 e. The lowest BCUT2D eigenvalue weighted by Gasteiger charge is -2.37. The van der Waals surface area contributed by atoms with E-state index in [0.29, 0.717) is 5.02 Å². The molecule has 5 rings (SSSR count). The second-order valence-corrected chi connectivity index (χ2v) is 10.6. The van der Waals surface area contributed by atoms with Crippen LogP contribution < -0.4 is 10.2 Å². The zero-order valence-electron chi connectivity index (χ0n) is 20.9. The lowest BCUT2D eigenvalue weighted by Crippen LogP contribution is -2.47. The number of amides is 1. The number of benzene rings is 2. The Morgan fingerprint density at radius 2 is 1.78 bits per heavy atom. The van der Waals surface area contributed by atoms with Gasteiger partial charge in [0.25, 0.3) is 0 Å². The predicted octanol–water partition coefficient (Wildman–Crippen LogP) is 6.08. The molecule has 1 aliphatic carbocycles. The van der Waals surface area contributed by atoms with E-state index >= 15 is 0 Å². The zero-order valence-corrected chi connectivity index (χ0v) is 21.6. The lowest BCUT2D eigenvalue weighted by molar-refractivity contribution is -0.130. The van der Waals surface area contributed by atoms with Crippen molar-refractivity contribution in [2.75, 3.05) is 37.6 Å². The standard InChI is InChI=1S/C29H33ClF2N4O/c30-23-6-7-24-26(20-23)33-14-10-27(24)36-18-16-35(17-19-36)15-11-25(21-4-2-1-3-5-21)34-28(37)22-8-12-29(31,32)13-9-22/h1-7,10,14,20,22,25H,8-9,11-13,15-19H2,(H,34,37)/t25-/m0/s1. The maximum absolute atomic E-state index is 13.6. The highest BCUT2D eigenvalue weighted by atomic mass is 35.5. The summed E-state index contributed by atoms with van der Waals surface area (Å²) in [6.07, 6.45) is 2.70. The summed E-state index contributed by atoms with van der Waals surface area (Å²) in [5.74, 6) is -3.06. The second-order valence-electron chi connectivity index (χ2n) is 10.2.